The Balaban J connectivity index is 2.04. The summed E-state index contributed by atoms with van der Waals surface area (Å²) in [6.45, 7) is 3.97. The van der Waals surface area contributed by atoms with Gasteiger partial charge in [0.25, 0.3) is 10.2 Å². The number of rotatable bonds is 6. The number of para-hydroxylation sites is 1. The van der Waals surface area contributed by atoms with Crippen molar-refractivity contribution in [3.63, 3.8) is 0 Å². The number of H-pyrrole nitrogens is 1. The van der Waals surface area contributed by atoms with Crippen molar-refractivity contribution in [2.75, 3.05) is 11.8 Å². The Bertz CT molecular complexity index is 1430. The third-order valence-electron chi connectivity index (χ3n) is 4.75. The number of aromatic amines is 1. The van der Waals surface area contributed by atoms with Gasteiger partial charge in [-0.3, -0.25) is 4.72 Å². The Morgan fingerprint density at radius 1 is 1.22 bits per heavy atom. The molecule has 6 N–H and O–H groups in total. The molecule has 4 aromatic rings. The number of hydrogen-bond donors (Lipinski definition) is 5. The molecule has 0 fully saturated rings. The first-order chi connectivity index (χ1) is 15.1. The molecule has 4 rings (SSSR count). The number of imidazole rings is 1. The Hall–Kier alpha value is -3.84. The number of ether oxygens (including phenoxy) is 1. The summed E-state index contributed by atoms with van der Waals surface area (Å²) in [4.78, 5) is 7.89. The molecule has 0 radical (unpaired) electrons. The molecule has 12 nitrogen and oxygen atoms in total. The summed E-state index contributed by atoms with van der Waals surface area (Å²) < 4.78 is 32.0. The molecule has 0 bridgehead atoms. The average molecular weight is 459 g/mol. The van der Waals surface area contributed by atoms with Crippen LogP contribution in [0.15, 0.2) is 30.3 Å². The van der Waals surface area contributed by atoms with Gasteiger partial charge in [-0.15, -0.1) is 5.10 Å². The van der Waals surface area contributed by atoms with E-state index in [1.54, 1.807) is 12.1 Å². The lowest BCUT2D eigenvalue weighted by atomic mass is 10.1. The van der Waals surface area contributed by atoms with Gasteiger partial charge in [-0.25, -0.2) is 14.8 Å². The molecular formula is C19H21N7O5S. The van der Waals surface area contributed by atoms with Gasteiger partial charge in [0.15, 0.2) is 17.3 Å². The van der Waals surface area contributed by atoms with Crippen molar-refractivity contribution in [1.82, 2.24) is 25.0 Å². The van der Waals surface area contributed by atoms with Gasteiger partial charge in [0.1, 0.15) is 23.0 Å². The van der Waals surface area contributed by atoms with E-state index in [4.69, 9.17) is 9.88 Å². The van der Waals surface area contributed by atoms with Crippen molar-refractivity contribution in [3.8, 4) is 34.2 Å². The van der Waals surface area contributed by atoms with Gasteiger partial charge >= 0.3 is 0 Å². The van der Waals surface area contributed by atoms with Crippen LogP contribution in [0.3, 0.4) is 0 Å². The summed E-state index contributed by atoms with van der Waals surface area (Å²) in [6, 6.07) is 7.73. The Morgan fingerprint density at radius 2 is 1.97 bits per heavy atom. The maximum atomic E-state index is 11.8. The molecule has 168 valence electrons. The smallest absolute Gasteiger partial charge is 0.297 e. The van der Waals surface area contributed by atoms with E-state index in [0.717, 1.165) is 11.9 Å². The van der Waals surface area contributed by atoms with Crippen LogP contribution in [0.2, 0.25) is 0 Å². The maximum absolute atomic E-state index is 11.8. The van der Waals surface area contributed by atoms with Gasteiger partial charge in [0, 0.05) is 23.6 Å². The van der Waals surface area contributed by atoms with Crippen molar-refractivity contribution in [2.45, 2.75) is 19.8 Å². The summed E-state index contributed by atoms with van der Waals surface area (Å²) in [7, 11) is -2.84. The number of nitrogens with one attached hydrogen (secondary N) is 2. The molecule has 0 saturated carbocycles. The molecule has 2 heterocycles. The largest absolute Gasteiger partial charge is 0.506 e. The van der Waals surface area contributed by atoms with Crippen molar-refractivity contribution < 1.29 is 23.4 Å². The van der Waals surface area contributed by atoms with E-state index in [1.165, 1.54) is 17.9 Å². The molecule has 32 heavy (non-hydrogen) atoms. The second kappa shape index (κ2) is 7.69. The van der Waals surface area contributed by atoms with Crippen LogP contribution in [0.4, 0.5) is 5.82 Å². The summed E-state index contributed by atoms with van der Waals surface area (Å²) in [5, 5.41) is 33.5. The lowest BCUT2D eigenvalue weighted by molar-refractivity contribution is 0.369. The van der Waals surface area contributed by atoms with E-state index < -0.39 is 10.2 Å². The first-order valence-electron chi connectivity index (χ1n) is 9.44. The highest BCUT2D eigenvalue weighted by Crippen LogP contribution is 2.39. The molecule has 2 aromatic carbocycles. The number of hydrogen-bond acceptors (Lipinski definition) is 8. The molecule has 13 heteroatoms. The highest BCUT2D eigenvalue weighted by molar-refractivity contribution is 7.90. The average Bonchev–Trinajstić information content (AvgIpc) is 3.31. The van der Waals surface area contributed by atoms with Crippen molar-refractivity contribution in [3.05, 3.63) is 36.2 Å². The third-order valence-corrected chi connectivity index (χ3v) is 5.22. The quantitative estimate of drug-likeness (QED) is 0.290. The minimum absolute atomic E-state index is 0.0697. The number of fused-ring (bicyclic) bond motifs is 1. The molecule has 0 amide bonds. The van der Waals surface area contributed by atoms with E-state index in [0.29, 0.717) is 16.6 Å². The van der Waals surface area contributed by atoms with Crippen LogP contribution in [0, 0.1) is 0 Å². The lowest BCUT2D eigenvalue weighted by Crippen LogP contribution is -2.22. The number of aromatic hydroxyl groups is 2. The number of aromatic nitrogens is 5. The zero-order valence-corrected chi connectivity index (χ0v) is 18.2. The van der Waals surface area contributed by atoms with E-state index in [1.807, 2.05) is 19.9 Å². The summed E-state index contributed by atoms with van der Waals surface area (Å²) >= 11 is 0. The van der Waals surface area contributed by atoms with Crippen LogP contribution in [0.5, 0.6) is 17.2 Å². The van der Waals surface area contributed by atoms with Gasteiger partial charge in [-0.05, 0) is 6.07 Å². The molecular weight excluding hydrogens is 438 g/mol. The second-order valence-electron chi connectivity index (χ2n) is 7.34. The van der Waals surface area contributed by atoms with E-state index >= 15 is 0 Å². The van der Waals surface area contributed by atoms with Crippen molar-refractivity contribution in [1.29, 1.82) is 0 Å². The number of benzene rings is 2. The number of phenolic OH excluding ortho intramolecular Hbond substituents is 2. The monoisotopic (exact) mass is 459 g/mol. The first-order valence-corrected chi connectivity index (χ1v) is 11.0. The van der Waals surface area contributed by atoms with E-state index in [-0.39, 0.29) is 40.4 Å². The highest BCUT2D eigenvalue weighted by atomic mass is 32.2. The molecule has 2 aromatic heterocycles. The fraction of sp³-hybridized carbons (Fsp3) is 0.211. The molecule has 0 atom stereocenters. The first kappa shape index (κ1) is 21.4. The third kappa shape index (κ3) is 3.78. The summed E-state index contributed by atoms with van der Waals surface area (Å²) in [5.41, 5.74) is 2.00. The second-order valence-corrected chi connectivity index (χ2v) is 8.63. The molecule has 0 aliphatic carbocycles. The Kier molecular flexibility index (Phi) is 5.14. The van der Waals surface area contributed by atoms with Crippen LogP contribution < -0.4 is 14.6 Å². The standard InChI is InChI=1S/C19H21N7O5S/c1-9(2)18-21-11-6-4-5-10(16(11)22-18)17-19(24-32(20,29)30)23-25-26(17)12-7-15(31-3)14(28)8-13(12)27/h4-9,24,27-28H,1-3H3,(H,21,22)(H2,20,29,30). The van der Waals surface area contributed by atoms with Gasteiger partial charge in [0.2, 0.25) is 0 Å². The minimum atomic E-state index is -4.19. The van der Waals surface area contributed by atoms with Crippen LogP contribution >= 0.6 is 0 Å². The zero-order valence-electron chi connectivity index (χ0n) is 17.4. The van der Waals surface area contributed by atoms with Crippen LogP contribution in [0.1, 0.15) is 25.6 Å². The molecule has 0 aliphatic rings. The number of methoxy groups -OCH3 is 1. The number of nitrogens with zero attached hydrogens (tertiary/aromatic N) is 4. The van der Waals surface area contributed by atoms with Crippen molar-refractivity contribution in [2.24, 2.45) is 5.14 Å². The normalized spacial score (nSPS) is 11.9. The number of phenols is 2. The molecule has 0 saturated heterocycles. The van der Waals surface area contributed by atoms with Gasteiger partial charge < -0.3 is 19.9 Å². The van der Waals surface area contributed by atoms with Crippen LogP contribution in [0.25, 0.3) is 28.0 Å². The fourth-order valence-electron chi connectivity index (χ4n) is 3.29. The lowest BCUT2D eigenvalue weighted by Gasteiger charge is -2.12. The summed E-state index contributed by atoms with van der Waals surface area (Å²) in [6.07, 6.45) is 0. The van der Waals surface area contributed by atoms with E-state index in [2.05, 4.69) is 25.0 Å². The van der Waals surface area contributed by atoms with Crippen molar-refractivity contribution >= 4 is 27.1 Å². The number of nitrogens with two attached hydrogens (primary N) is 1. The molecule has 0 aliphatic heterocycles. The fourth-order valence-corrected chi connectivity index (χ4v) is 3.70. The van der Waals surface area contributed by atoms with E-state index in [9.17, 15) is 18.6 Å². The molecule has 0 unspecified atom stereocenters. The van der Waals surface area contributed by atoms with Gasteiger partial charge in [-0.1, -0.05) is 31.2 Å². The zero-order chi connectivity index (χ0) is 23.2. The Morgan fingerprint density at radius 3 is 2.62 bits per heavy atom. The molecule has 0 spiro atoms. The van der Waals surface area contributed by atoms with Crippen LogP contribution in [-0.2, 0) is 10.2 Å². The highest BCUT2D eigenvalue weighted by Gasteiger charge is 2.25. The van der Waals surface area contributed by atoms with Crippen LogP contribution in [-0.4, -0.2) is 50.7 Å². The van der Waals surface area contributed by atoms with Gasteiger partial charge in [0.05, 0.1) is 18.1 Å². The maximum Gasteiger partial charge on any atom is 0.297 e. The van der Waals surface area contributed by atoms with Gasteiger partial charge in [-0.2, -0.15) is 8.42 Å². The minimum Gasteiger partial charge on any atom is -0.506 e. The summed E-state index contributed by atoms with van der Waals surface area (Å²) in [5.74, 6) is 0.135. The predicted octanol–water partition coefficient (Wildman–Crippen LogP) is 1.97. The SMILES string of the molecule is COc1cc(-n2nnc(NS(N)(=O)=O)c2-c2cccc3[nH]c(C(C)C)nc23)c(O)cc1O. The number of anilines is 1. The predicted molar refractivity (Wildman–Crippen MR) is 117 cm³/mol. The topological polar surface area (TPSA) is 181 Å². The Labute approximate surface area is 182 Å².